The van der Waals surface area contributed by atoms with Crippen molar-refractivity contribution in [1.29, 1.82) is 0 Å². The van der Waals surface area contributed by atoms with Crippen LogP contribution in [0.15, 0.2) is 36.7 Å². The summed E-state index contributed by atoms with van der Waals surface area (Å²) in [6.07, 6.45) is 13.0. The van der Waals surface area contributed by atoms with Crippen molar-refractivity contribution in [2.45, 2.75) is 56.8 Å². The zero-order chi connectivity index (χ0) is 21.4. The third kappa shape index (κ3) is 3.54. The minimum absolute atomic E-state index is 0.250. The first-order chi connectivity index (χ1) is 15.2. The number of nitrogens with two attached hydrogens (primary N) is 2. The van der Waals surface area contributed by atoms with Crippen LogP contribution in [-0.4, -0.2) is 25.8 Å². The van der Waals surface area contributed by atoms with Gasteiger partial charge < -0.3 is 16.5 Å². The Bertz CT molecular complexity index is 1230. The van der Waals surface area contributed by atoms with Crippen molar-refractivity contribution < 1.29 is 4.79 Å². The van der Waals surface area contributed by atoms with Crippen molar-refractivity contribution in [2.24, 2.45) is 5.73 Å². The summed E-state index contributed by atoms with van der Waals surface area (Å²) in [7, 11) is 0. The third-order valence-electron chi connectivity index (χ3n) is 6.54. The molecule has 4 aromatic rings. The van der Waals surface area contributed by atoms with Gasteiger partial charge in [0.05, 0.1) is 5.69 Å². The first-order valence-corrected chi connectivity index (χ1v) is 11.1. The van der Waals surface area contributed by atoms with Gasteiger partial charge in [-0.1, -0.05) is 37.5 Å². The molecule has 5 N–H and O–H groups in total. The summed E-state index contributed by atoms with van der Waals surface area (Å²) in [5.74, 6) is 2.90. The van der Waals surface area contributed by atoms with Gasteiger partial charge in [-0.3, -0.25) is 9.20 Å². The smallest absolute Gasteiger partial charge is 0.204 e. The number of para-hydroxylation sites is 1. The maximum absolute atomic E-state index is 8.58. The summed E-state index contributed by atoms with van der Waals surface area (Å²) in [5.41, 5.74) is 16.1. The van der Waals surface area contributed by atoms with E-state index < -0.39 is 0 Å². The predicted molar refractivity (Wildman–Crippen MR) is 123 cm³/mol. The van der Waals surface area contributed by atoms with Gasteiger partial charge in [-0.15, -0.1) is 0 Å². The lowest BCUT2D eigenvalue weighted by Crippen LogP contribution is -2.09. The number of nitrogen functional groups attached to an aromatic ring is 1. The first kappa shape index (κ1) is 19.6. The molecule has 0 saturated heterocycles. The van der Waals surface area contributed by atoms with Crippen molar-refractivity contribution in [3.63, 3.8) is 0 Å². The molecule has 160 valence electrons. The molecule has 0 unspecified atom stereocenters. The molecule has 3 aromatic heterocycles. The van der Waals surface area contributed by atoms with E-state index in [4.69, 9.17) is 15.5 Å². The standard InChI is InChI=1S/C23H25N5.CH3NO/c24-22-21-20(18-13-16-7-4-8-17(14-9-10-14)19(16)26-18)27-23(28(21)12-11-25-22)15-5-2-1-3-6-15;2-1-3/h4,7-8,11-15,26H,1-3,5-6,9-10H2,(H2,24,25);1H,(H2,2,3). The largest absolute Gasteiger partial charge is 0.382 e. The molecule has 2 aliphatic rings. The second kappa shape index (κ2) is 8.06. The molecule has 1 aromatic carbocycles. The van der Waals surface area contributed by atoms with E-state index in [1.54, 1.807) is 6.20 Å². The van der Waals surface area contributed by atoms with Crippen LogP contribution in [0.3, 0.4) is 0 Å². The number of aromatic amines is 1. The van der Waals surface area contributed by atoms with Crippen LogP contribution >= 0.6 is 0 Å². The summed E-state index contributed by atoms with van der Waals surface area (Å²) in [6.45, 7) is 0. The zero-order valence-corrected chi connectivity index (χ0v) is 17.6. The molecule has 6 rings (SSSR count). The Kier molecular flexibility index (Phi) is 5.10. The number of fused-ring (bicyclic) bond motifs is 2. The van der Waals surface area contributed by atoms with Gasteiger partial charge in [0.1, 0.15) is 22.9 Å². The van der Waals surface area contributed by atoms with Gasteiger partial charge in [0.15, 0.2) is 0 Å². The zero-order valence-electron chi connectivity index (χ0n) is 17.6. The molecular formula is C24H28N6O. The molecule has 2 aliphatic carbocycles. The molecule has 0 radical (unpaired) electrons. The van der Waals surface area contributed by atoms with E-state index in [-0.39, 0.29) is 6.41 Å². The van der Waals surface area contributed by atoms with Crippen LogP contribution in [0.5, 0.6) is 0 Å². The minimum atomic E-state index is 0.250. The van der Waals surface area contributed by atoms with Gasteiger partial charge in [0.25, 0.3) is 0 Å². The molecule has 2 fully saturated rings. The van der Waals surface area contributed by atoms with Gasteiger partial charge >= 0.3 is 0 Å². The predicted octanol–water partition coefficient (Wildman–Crippen LogP) is 4.49. The molecule has 0 bridgehead atoms. The first-order valence-electron chi connectivity index (χ1n) is 11.1. The van der Waals surface area contributed by atoms with Crippen molar-refractivity contribution in [1.82, 2.24) is 19.4 Å². The summed E-state index contributed by atoms with van der Waals surface area (Å²) >= 11 is 0. The Balaban J connectivity index is 0.000000646. The number of rotatable bonds is 3. The Morgan fingerprint density at radius 2 is 1.87 bits per heavy atom. The van der Waals surface area contributed by atoms with Gasteiger partial charge in [-0.25, -0.2) is 9.97 Å². The van der Waals surface area contributed by atoms with Crippen LogP contribution in [0.2, 0.25) is 0 Å². The number of nitrogens with one attached hydrogen (secondary N) is 1. The minimum Gasteiger partial charge on any atom is -0.382 e. The molecule has 1 amide bonds. The fraction of sp³-hybridized carbons (Fsp3) is 0.375. The van der Waals surface area contributed by atoms with Gasteiger partial charge in [0, 0.05) is 29.2 Å². The average molecular weight is 417 g/mol. The summed E-state index contributed by atoms with van der Waals surface area (Å²) in [6, 6.07) is 8.83. The van der Waals surface area contributed by atoms with Crippen LogP contribution in [0, 0.1) is 0 Å². The summed E-state index contributed by atoms with van der Waals surface area (Å²) in [4.78, 5) is 21.8. The number of carbonyl (C=O) groups is 1. The van der Waals surface area contributed by atoms with Crippen LogP contribution in [0.25, 0.3) is 27.8 Å². The number of anilines is 1. The number of primary amides is 1. The Hall–Kier alpha value is -3.35. The van der Waals surface area contributed by atoms with E-state index in [2.05, 4.69) is 44.4 Å². The Morgan fingerprint density at radius 1 is 1.10 bits per heavy atom. The van der Waals surface area contributed by atoms with Crippen molar-refractivity contribution in [3.8, 4) is 11.4 Å². The number of hydrogen-bond acceptors (Lipinski definition) is 4. The number of aromatic nitrogens is 4. The second-order valence-corrected chi connectivity index (χ2v) is 8.59. The lowest BCUT2D eigenvalue weighted by molar-refractivity contribution is -0.106. The molecule has 2 saturated carbocycles. The van der Waals surface area contributed by atoms with E-state index in [1.165, 1.54) is 61.4 Å². The summed E-state index contributed by atoms with van der Waals surface area (Å²) in [5, 5.41) is 1.25. The molecule has 0 atom stereocenters. The van der Waals surface area contributed by atoms with Crippen LogP contribution in [-0.2, 0) is 4.79 Å². The highest BCUT2D eigenvalue weighted by Crippen LogP contribution is 2.44. The molecule has 3 heterocycles. The fourth-order valence-electron chi connectivity index (χ4n) is 4.97. The lowest BCUT2D eigenvalue weighted by Gasteiger charge is -2.20. The number of nitrogens with zero attached hydrogens (tertiary/aromatic N) is 3. The van der Waals surface area contributed by atoms with Gasteiger partial charge in [-0.2, -0.15) is 0 Å². The highest BCUT2D eigenvalue weighted by atomic mass is 16.1. The normalized spacial score (nSPS) is 16.9. The molecule has 7 nitrogen and oxygen atoms in total. The molecule has 0 spiro atoms. The third-order valence-corrected chi connectivity index (χ3v) is 6.54. The number of hydrogen-bond donors (Lipinski definition) is 3. The van der Waals surface area contributed by atoms with Crippen molar-refractivity contribution in [2.75, 3.05) is 5.73 Å². The van der Waals surface area contributed by atoms with E-state index in [0.29, 0.717) is 17.7 Å². The number of benzene rings is 1. The van der Waals surface area contributed by atoms with Crippen molar-refractivity contribution >= 4 is 28.6 Å². The number of H-pyrrole nitrogens is 1. The maximum Gasteiger partial charge on any atom is 0.204 e. The van der Waals surface area contributed by atoms with Crippen LogP contribution < -0.4 is 11.5 Å². The molecular weight excluding hydrogens is 388 g/mol. The number of amides is 1. The van der Waals surface area contributed by atoms with Gasteiger partial charge in [0.2, 0.25) is 6.41 Å². The molecule has 0 aliphatic heterocycles. The lowest BCUT2D eigenvalue weighted by atomic mass is 9.89. The number of imidazole rings is 1. The van der Waals surface area contributed by atoms with Gasteiger partial charge in [-0.05, 0) is 43.2 Å². The highest BCUT2D eigenvalue weighted by Gasteiger charge is 2.27. The Labute approximate surface area is 180 Å². The topological polar surface area (TPSA) is 115 Å². The Morgan fingerprint density at radius 3 is 2.61 bits per heavy atom. The molecule has 31 heavy (non-hydrogen) atoms. The van der Waals surface area contributed by atoms with Crippen LogP contribution in [0.1, 0.15) is 68.2 Å². The number of carbonyl (C=O) groups excluding carboxylic acids is 1. The average Bonchev–Trinajstić information content (AvgIpc) is 3.41. The monoisotopic (exact) mass is 416 g/mol. The summed E-state index contributed by atoms with van der Waals surface area (Å²) < 4.78 is 2.18. The molecule has 7 heteroatoms. The van der Waals surface area contributed by atoms with E-state index >= 15 is 0 Å². The quantitative estimate of drug-likeness (QED) is 0.427. The van der Waals surface area contributed by atoms with E-state index in [0.717, 1.165) is 22.7 Å². The van der Waals surface area contributed by atoms with E-state index in [9.17, 15) is 0 Å². The fourth-order valence-corrected chi connectivity index (χ4v) is 4.97. The van der Waals surface area contributed by atoms with Crippen LogP contribution in [0.4, 0.5) is 5.82 Å². The van der Waals surface area contributed by atoms with Crippen molar-refractivity contribution in [3.05, 3.63) is 48.0 Å². The SMILES string of the molecule is NC=O.Nc1nccn2c(C3CCCCC3)nc(-c3cc4cccc(C5CC5)c4[nH]3)c12. The second-order valence-electron chi connectivity index (χ2n) is 8.59. The highest BCUT2D eigenvalue weighted by molar-refractivity contribution is 5.93. The van der Waals surface area contributed by atoms with E-state index in [1.807, 2.05) is 6.20 Å². The maximum atomic E-state index is 8.58.